The van der Waals surface area contributed by atoms with E-state index in [0.29, 0.717) is 21.5 Å². The molecule has 3 heterocycles. The molecule has 3 fully saturated rings. The lowest BCUT2D eigenvalue weighted by atomic mass is 9.74. The quantitative estimate of drug-likeness (QED) is 0.459. The monoisotopic (exact) mass is 583 g/mol. The minimum absolute atomic E-state index is 0.0611. The molecule has 40 heavy (non-hydrogen) atoms. The number of hydrogen-bond acceptors (Lipinski definition) is 5. The van der Waals surface area contributed by atoms with Crippen LogP contribution in [0.3, 0.4) is 0 Å². The average molecular weight is 584 g/mol. The van der Waals surface area contributed by atoms with Gasteiger partial charge in [0.2, 0.25) is 17.7 Å². The van der Waals surface area contributed by atoms with Crippen LogP contribution in [0.25, 0.3) is 0 Å². The van der Waals surface area contributed by atoms with E-state index in [-0.39, 0.29) is 30.3 Å². The lowest BCUT2D eigenvalue weighted by Crippen LogP contribution is -2.56. The van der Waals surface area contributed by atoms with Crippen LogP contribution < -0.4 is 15.4 Å². The molecule has 6 rings (SSSR count). The third-order valence-electron chi connectivity index (χ3n) is 8.58. The molecule has 0 aromatic heterocycles. The van der Waals surface area contributed by atoms with Crippen molar-refractivity contribution in [1.29, 1.82) is 0 Å². The van der Waals surface area contributed by atoms with Gasteiger partial charge in [-0.05, 0) is 48.7 Å². The van der Waals surface area contributed by atoms with Crippen molar-refractivity contribution in [1.82, 2.24) is 10.2 Å². The summed E-state index contributed by atoms with van der Waals surface area (Å²) in [6.07, 6.45) is 8.12. The van der Waals surface area contributed by atoms with Crippen LogP contribution in [0.15, 0.2) is 54.6 Å². The van der Waals surface area contributed by atoms with Gasteiger partial charge in [-0.2, -0.15) is 0 Å². The molecule has 2 aromatic rings. The molecule has 3 amide bonds. The van der Waals surface area contributed by atoms with E-state index in [2.05, 4.69) is 10.6 Å². The van der Waals surface area contributed by atoms with Crippen molar-refractivity contribution in [2.24, 2.45) is 11.8 Å². The van der Waals surface area contributed by atoms with Gasteiger partial charge < -0.3 is 25.0 Å². The molecule has 2 aromatic carbocycles. The van der Waals surface area contributed by atoms with Crippen LogP contribution in [0.4, 0.5) is 5.69 Å². The Labute approximate surface area is 243 Å². The molecule has 3 aliphatic heterocycles. The Hall–Kier alpha value is -3.07. The number of ether oxygens (including phenoxy) is 2. The standard InChI is InChI=1S/C30H31Cl2N3O5/c1-39-20-10-7-17(8-11-20)16-35-26(28(37)33-18-5-3-2-4-6-18)30-14-13-23(40-30)24(25(30)29(35)38)27(36)34-19-9-12-21(31)22(32)15-19/h7-15,18,23-26H,2-6,16H2,1H3,(H,33,37)(H,34,36). The molecule has 210 valence electrons. The molecule has 1 spiro atoms. The van der Waals surface area contributed by atoms with Gasteiger partial charge in [-0.25, -0.2) is 0 Å². The number of carbonyl (C=O) groups is 3. The number of halogens is 2. The van der Waals surface area contributed by atoms with Gasteiger partial charge in [-0.15, -0.1) is 0 Å². The maximum atomic E-state index is 14.2. The maximum Gasteiger partial charge on any atom is 0.246 e. The summed E-state index contributed by atoms with van der Waals surface area (Å²) in [6.45, 7) is 0.201. The summed E-state index contributed by atoms with van der Waals surface area (Å²) in [6, 6.07) is 11.4. The highest BCUT2D eigenvalue weighted by atomic mass is 35.5. The van der Waals surface area contributed by atoms with Crippen molar-refractivity contribution in [3.05, 3.63) is 70.2 Å². The number of nitrogens with one attached hydrogen (secondary N) is 2. The Kier molecular flexibility index (Phi) is 7.27. The topological polar surface area (TPSA) is 97.0 Å². The van der Waals surface area contributed by atoms with E-state index in [4.69, 9.17) is 32.7 Å². The molecular formula is C30H31Cl2N3O5. The number of amides is 3. The van der Waals surface area contributed by atoms with Crippen LogP contribution in [0.5, 0.6) is 5.75 Å². The maximum absolute atomic E-state index is 14.2. The average Bonchev–Trinajstić information content (AvgIpc) is 3.59. The first-order valence-electron chi connectivity index (χ1n) is 13.7. The lowest BCUT2D eigenvalue weighted by molar-refractivity contribution is -0.142. The second kappa shape index (κ2) is 10.7. The largest absolute Gasteiger partial charge is 0.497 e. The first-order chi connectivity index (χ1) is 19.3. The molecule has 0 radical (unpaired) electrons. The zero-order valence-corrected chi connectivity index (χ0v) is 23.6. The summed E-state index contributed by atoms with van der Waals surface area (Å²) in [4.78, 5) is 43.3. The van der Waals surface area contributed by atoms with Crippen LogP contribution in [0.1, 0.15) is 37.7 Å². The second-order valence-electron chi connectivity index (χ2n) is 11.0. The third kappa shape index (κ3) is 4.66. The van der Waals surface area contributed by atoms with E-state index in [0.717, 1.165) is 37.7 Å². The smallest absolute Gasteiger partial charge is 0.246 e. The fraction of sp³-hybridized carbons (Fsp3) is 0.433. The van der Waals surface area contributed by atoms with Crippen molar-refractivity contribution in [2.45, 2.75) is 62.4 Å². The van der Waals surface area contributed by atoms with Crippen LogP contribution in [-0.4, -0.2) is 53.5 Å². The number of anilines is 1. The molecular weight excluding hydrogens is 553 g/mol. The first-order valence-corrected chi connectivity index (χ1v) is 14.4. The van der Waals surface area contributed by atoms with Gasteiger partial charge in [0, 0.05) is 18.3 Å². The molecule has 2 bridgehead atoms. The number of carbonyl (C=O) groups excluding carboxylic acids is 3. The van der Waals surface area contributed by atoms with Gasteiger partial charge in [0.1, 0.15) is 17.4 Å². The van der Waals surface area contributed by atoms with Crippen molar-refractivity contribution in [3.8, 4) is 5.75 Å². The van der Waals surface area contributed by atoms with Gasteiger partial charge in [0.25, 0.3) is 0 Å². The third-order valence-corrected chi connectivity index (χ3v) is 9.31. The zero-order chi connectivity index (χ0) is 28.0. The molecule has 4 aliphatic rings. The minimum atomic E-state index is -1.23. The lowest BCUT2D eigenvalue weighted by Gasteiger charge is -2.34. The highest BCUT2D eigenvalue weighted by Crippen LogP contribution is 2.55. The van der Waals surface area contributed by atoms with Crippen molar-refractivity contribution in [3.63, 3.8) is 0 Å². The molecule has 1 saturated carbocycles. The van der Waals surface area contributed by atoms with Crippen molar-refractivity contribution in [2.75, 3.05) is 12.4 Å². The fourth-order valence-electron chi connectivity index (χ4n) is 6.69. The van der Waals surface area contributed by atoms with Gasteiger partial charge in [0.05, 0.1) is 35.1 Å². The highest BCUT2D eigenvalue weighted by molar-refractivity contribution is 6.42. The summed E-state index contributed by atoms with van der Waals surface area (Å²) in [5.41, 5.74) is 0.0794. The Balaban J connectivity index is 1.31. The van der Waals surface area contributed by atoms with Crippen LogP contribution >= 0.6 is 23.2 Å². The zero-order valence-electron chi connectivity index (χ0n) is 22.1. The molecule has 5 atom stereocenters. The van der Waals surface area contributed by atoms with E-state index in [1.54, 1.807) is 36.3 Å². The summed E-state index contributed by atoms with van der Waals surface area (Å²) in [5.74, 6) is -1.84. The molecule has 2 N–H and O–H groups in total. The number of nitrogens with zero attached hydrogens (tertiary/aromatic N) is 1. The van der Waals surface area contributed by atoms with E-state index >= 15 is 0 Å². The number of benzene rings is 2. The van der Waals surface area contributed by atoms with Crippen molar-refractivity contribution >= 4 is 46.6 Å². The predicted octanol–water partition coefficient (Wildman–Crippen LogP) is 4.74. The van der Waals surface area contributed by atoms with Crippen LogP contribution in [0, 0.1) is 11.8 Å². The van der Waals surface area contributed by atoms with Gasteiger partial charge in [-0.3, -0.25) is 14.4 Å². The fourth-order valence-corrected chi connectivity index (χ4v) is 6.99. The molecule has 2 saturated heterocycles. The number of rotatable bonds is 7. The summed E-state index contributed by atoms with van der Waals surface area (Å²) < 4.78 is 11.7. The second-order valence-corrected chi connectivity index (χ2v) is 11.8. The number of likely N-dealkylation sites (tertiary alicyclic amines) is 1. The van der Waals surface area contributed by atoms with Gasteiger partial charge in [0.15, 0.2) is 0 Å². The predicted molar refractivity (Wildman–Crippen MR) is 151 cm³/mol. The molecule has 10 heteroatoms. The Morgan fingerprint density at radius 1 is 1.05 bits per heavy atom. The van der Waals surface area contributed by atoms with Gasteiger partial charge >= 0.3 is 0 Å². The summed E-state index contributed by atoms with van der Waals surface area (Å²) >= 11 is 12.2. The molecule has 1 aliphatic carbocycles. The highest BCUT2D eigenvalue weighted by Gasteiger charge is 2.72. The number of methoxy groups -OCH3 is 1. The van der Waals surface area contributed by atoms with Crippen molar-refractivity contribution < 1.29 is 23.9 Å². The normalized spacial score (nSPS) is 29.0. The van der Waals surface area contributed by atoms with E-state index < -0.39 is 29.6 Å². The molecule has 5 unspecified atom stereocenters. The van der Waals surface area contributed by atoms with Crippen LogP contribution in [0.2, 0.25) is 10.0 Å². The van der Waals surface area contributed by atoms with E-state index in [1.807, 2.05) is 30.3 Å². The Bertz CT molecular complexity index is 1360. The summed E-state index contributed by atoms with van der Waals surface area (Å²) in [5, 5.41) is 6.76. The van der Waals surface area contributed by atoms with E-state index in [9.17, 15) is 14.4 Å². The summed E-state index contributed by atoms with van der Waals surface area (Å²) in [7, 11) is 1.59. The van der Waals surface area contributed by atoms with Gasteiger partial charge in [-0.1, -0.05) is 66.7 Å². The Morgan fingerprint density at radius 2 is 1.80 bits per heavy atom. The Morgan fingerprint density at radius 3 is 2.50 bits per heavy atom. The SMILES string of the molecule is COc1ccc(CN2C(=O)C3C(C(=O)Nc4ccc(Cl)c(Cl)c4)C4C=CC3(O4)C2C(=O)NC2CCCCC2)cc1. The minimum Gasteiger partial charge on any atom is -0.497 e. The number of fused-ring (bicyclic) bond motifs is 1. The van der Waals surface area contributed by atoms with E-state index in [1.165, 1.54) is 0 Å². The number of hydrogen-bond donors (Lipinski definition) is 2. The first kappa shape index (κ1) is 27.1. The molecule has 8 nitrogen and oxygen atoms in total. The van der Waals surface area contributed by atoms with Crippen LogP contribution in [-0.2, 0) is 25.7 Å².